The second kappa shape index (κ2) is 6.34. The van der Waals surface area contributed by atoms with Gasteiger partial charge in [-0.2, -0.15) is 5.10 Å². The number of rotatable bonds is 6. The highest BCUT2D eigenvalue weighted by Crippen LogP contribution is 2.26. The average molecular weight is 251 g/mol. The van der Waals surface area contributed by atoms with Crippen molar-refractivity contribution in [3.05, 3.63) is 18.0 Å². The van der Waals surface area contributed by atoms with Gasteiger partial charge in [-0.15, -0.1) is 0 Å². The van der Waals surface area contributed by atoms with Crippen LogP contribution in [0.5, 0.6) is 0 Å². The first kappa shape index (κ1) is 13.6. The van der Waals surface area contributed by atoms with E-state index in [4.69, 9.17) is 4.74 Å². The fraction of sp³-hybridized carbons (Fsp3) is 0.786. The molecule has 1 saturated heterocycles. The van der Waals surface area contributed by atoms with Gasteiger partial charge < -0.3 is 10.1 Å². The molecule has 1 aliphatic rings. The van der Waals surface area contributed by atoms with Crippen molar-refractivity contribution in [2.24, 2.45) is 13.0 Å². The highest BCUT2D eigenvalue weighted by molar-refractivity contribution is 5.01. The van der Waals surface area contributed by atoms with Gasteiger partial charge in [-0.05, 0) is 38.8 Å². The van der Waals surface area contributed by atoms with Crippen LogP contribution in [0.2, 0.25) is 0 Å². The lowest BCUT2D eigenvalue weighted by Gasteiger charge is -2.26. The van der Waals surface area contributed by atoms with Crippen molar-refractivity contribution in [3.8, 4) is 0 Å². The van der Waals surface area contributed by atoms with E-state index in [1.165, 1.54) is 12.1 Å². The molecule has 18 heavy (non-hydrogen) atoms. The van der Waals surface area contributed by atoms with Gasteiger partial charge in [-0.25, -0.2) is 0 Å². The zero-order chi connectivity index (χ0) is 13.0. The number of aryl methyl sites for hydroxylation is 2. The molecule has 0 spiro atoms. The molecule has 102 valence electrons. The third-order valence-corrected chi connectivity index (χ3v) is 4.05. The molecule has 2 heterocycles. The number of nitrogens with zero attached hydrogens (tertiary/aromatic N) is 2. The molecule has 4 heteroatoms. The SMILES string of the molecule is CCNC(CCc1ccnn1C)C1CCOC1C. The Hall–Kier alpha value is -0.870. The molecule has 1 aromatic heterocycles. The van der Waals surface area contributed by atoms with Crippen LogP contribution in [0.4, 0.5) is 0 Å². The summed E-state index contributed by atoms with van der Waals surface area (Å²) in [5, 5.41) is 7.85. The smallest absolute Gasteiger partial charge is 0.0590 e. The van der Waals surface area contributed by atoms with Crippen LogP contribution in [-0.4, -0.2) is 35.1 Å². The molecule has 3 atom stereocenters. The maximum atomic E-state index is 5.70. The third-order valence-electron chi connectivity index (χ3n) is 4.05. The molecule has 0 amide bonds. The van der Waals surface area contributed by atoms with Gasteiger partial charge in [0.05, 0.1) is 6.10 Å². The first-order chi connectivity index (χ1) is 8.72. The molecule has 0 bridgehead atoms. The largest absolute Gasteiger partial charge is 0.378 e. The van der Waals surface area contributed by atoms with Crippen molar-refractivity contribution in [3.63, 3.8) is 0 Å². The van der Waals surface area contributed by atoms with Crippen LogP contribution in [0.25, 0.3) is 0 Å². The lowest BCUT2D eigenvalue weighted by atomic mass is 9.90. The van der Waals surface area contributed by atoms with Crippen LogP contribution in [0.3, 0.4) is 0 Å². The second-order valence-electron chi connectivity index (χ2n) is 5.18. The lowest BCUT2D eigenvalue weighted by molar-refractivity contribution is 0.0945. The quantitative estimate of drug-likeness (QED) is 0.837. The van der Waals surface area contributed by atoms with Crippen molar-refractivity contribution in [2.45, 2.75) is 45.3 Å². The summed E-state index contributed by atoms with van der Waals surface area (Å²) in [6.45, 7) is 6.32. The molecule has 0 aliphatic carbocycles. The van der Waals surface area contributed by atoms with E-state index in [0.717, 1.165) is 26.0 Å². The Bertz CT molecular complexity index is 364. The molecular formula is C14H25N3O. The van der Waals surface area contributed by atoms with Crippen LogP contribution < -0.4 is 5.32 Å². The summed E-state index contributed by atoms with van der Waals surface area (Å²) in [7, 11) is 2.01. The molecule has 1 aliphatic heterocycles. The van der Waals surface area contributed by atoms with Gasteiger partial charge in [0, 0.05) is 37.5 Å². The lowest BCUT2D eigenvalue weighted by Crippen LogP contribution is -2.39. The Morgan fingerprint density at radius 2 is 2.44 bits per heavy atom. The summed E-state index contributed by atoms with van der Waals surface area (Å²) in [4.78, 5) is 0. The summed E-state index contributed by atoms with van der Waals surface area (Å²) in [6, 6.07) is 2.67. The van der Waals surface area contributed by atoms with Gasteiger partial charge in [-0.3, -0.25) is 4.68 Å². The third kappa shape index (κ3) is 3.12. The van der Waals surface area contributed by atoms with Crippen LogP contribution in [0.15, 0.2) is 12.3 Å². The Kier molecular flexibility index (Phi) is 4.78. The summed E-state index contributed by atoms with van der Waals surface area (Å²) in [6.07, 6.45) is 5.69. The molecule has 1 aromatic rings. The minimum absolute atomic E-state index is 0.389. The van der Waals surface area contributed by atoms with E-state index in [-0.39, 0.29) is 0 Å². The summed E-state index contributed by atoms with van der Waals surface area (Å²) >= 11 is 0. The Morgan fingerprint density at radius 1 is 1.61 bits per heavy atom. The van der Waals surface area contributed by atoms with Crippen molar-refractivity contribution in [1.82, 2.24) is 15.1 Å². The molecule has 4 nitrogen and oxygen atoms in total. The number of aromatic nitrogens is 2. The zero-order valence-corrected chi connectivity index (χ0v) is 11.7. The topological polar surface area (TPSA) is 39.1 Å². The van der Waals surface area contributed by atoms with Crippen LogP contribution >= 0.6 is 0 Å². The Morgan fingerprint density at radius 3 is 3.00 bits per heavy atom. The molecular weight excluding hydrogens is 226 g/mol. The maximum absolute atomic E-state index is 5.70. The fourth-order valence-corrected chi connectivity index (χ4v) is 2.96. The predicted octanol–water partition coefficient (Wildman–Crippen LogP) is 1.76. The van der Waals surface area contributed by atoms with Gasteiger partial charge in [0.25, 0.3) is 0 Å². The molecule has 0 radical (unpaired) electrons. The molecule has 0 aromatic carbocycles. The number of hydrogen-bond acceptors (Lipinski definition) is 3. The first-order valence-corrected chi connectivity index (χ1v) is 7.04. The van der Waals surface area contributed by atoms with Gasteiger partial charge in [0.2, 0.25) is 0 Å². The average Bonchev–Trinajstić information content (AvgIpc) is 2.94. The predicted molar refractivity (Wildman–Crippen MR) is 72.5 cm³/mol. The van der Waals surface area contributed by atoms with Crippen molar-refractivity contribution >= 4 is 0 Å². The molecule has 0 saturated carbocycles. The number of hydrogen-bond donors (Lipinski definition) is 1. The van der Waals surface area contributed by atoms with E-state index in [9.17, 15) is 0 Å². The molecule has 1 N–H and O–H groups in total. The monoisotopic (exact) mass is 251 g/mol. The van der Waals surface area contributed by atoms with E-state index < -0.39 is 0 Å². The van der Waals surface area contributed by atoms with Crippen LogP contribution in [0.1, 0.15) is 32.4 Å². The highest BCUT2D eigenvalue weighted by Gasteiger charge is 2.31. The van der Waals surface area contributed by atoms with E-state index in [1.807, 2.05) is 17.9 Å². The van der Waals surface area contributed by atoms with Crippen molar-refractivity contribution in [1.29, 1.82) is 0 Å². The van der Waals surface area contributed by atoms with Crippen LogP contribution in [0, 0.1) is 5.92 Å². The molecule has 3 unspecified atom stereocenters. The second-order valence-corrected chi connectivity index (χ2v) is 5.18. The number of ether oxygens (including phenoxy) is 1. The van der Waals surface area contributed by atoms with Gasteiger partial charge in [0.1, 0.15) is 0 Å². The zero-order valence-electron chi connectivity index (χ0n) is 11.7. The summed E-state index contributed by atoms with van der Waals surface area (Å²) in [5.41, 5.74) is 1.31. The minimum Gasteiger partial charge on any atom is -0.378 e. The van der Waals surface area contributed by atoms with Gasteiger partial charge in [0.15, 0.2) is 0 Å². The fourth-order valence-electron chi connectivity index (χ4n) is 2.96. The summed E-state index contributed by atoms with van der Waals surface area (Å²) in [5.74, 6) is 0.651. The normalized spacial score (nSPS) is 25.5. The van der Waals surface area contributed by atoms with Gasteiger partial charge in [-0.1, -0.05) is 6.92 Å². The number of nitrogens with one attached hydrogen (secondary N) is 1. The van der Waals surface area contributed by atoms with Gasteiger partial charge >= 0.3 is 0 Å². The van der Waals surface area contributed by atoms with E-state index in [2.05, 4.69) is 30.3 Å². The maximum Gasteiger partial charge on any atom is 0.0590 e. The Balaban J connectivity index is 1.92. The standard InChI is InChI=1S/C14H25N3O/c1-4-15-14(13-8-10-18-11(13)2)6-5-12-7-9-16-17(12)3/h7,9,11,13-15H,4-6,8,10H2,1-3H3. The summed E-state index contributed by atoms with van der Waals surface area (Å²) < 4.78 is 7.67. The van der Waals surface area contributed by atoms with E-state index in [1.54, 1.807) is 0 Å². The van der Waals surface area contributed by atoms with Crippen LogP contribution in [-0.2, 0) is 18.2 Å². The molecule has 1 fully saturated rings. The van der Waals surface area contributed by atoms with Crippen molar-refractivity contribution in [2.75, 3.05) is 13.2 Å². The van der Waals surface area contributed by atoms with Crippen molar-refractivity contribution < 1.29 is 4.74 Å². The molecule has 2 rings (SSSR count). The first-order valence-electron chi connectivity index (χ1n) is 7.04. The van der Waals surface area contributed by atoms with E-state index in [0.29, 0.717) is 18.1 Å². The van der Waals surface area contributed by atoms with E-state index >= 15 is 0 Å². The Labute approximate surface area is 110 Å². The highest BCUT2D eigenvalue weighted by atomic mass is 16.5. The minimum atomic E-state index is 0.389.